The van der Waals surface area contributed by atoms with Crippen LogP contribution >= 0.6 is 11.6 Å². The van der Waals surface area contributed by atoms with Gasteiger partial charge >= 0.3 is 0 Å². The predicted octanol–water partition coefficient (Wildman–Crippen LogP) is 4.96. The molecule has 1 aliphatic carbocycles. The fourth-order valence-electron chi connectivity index (χ4n) is 3.72. The molecule has 2 atom stereocenters. The second-order valence-corrected chi connectivity index (χ2v) is 7.43. The average Bonchev–Trinajstić information content (AvgIpc) is 2.63. The lowest BCUT2D eigenvalue weighted by Gasteiger charge is -2.28. The van der Waals surface area contributed by atoms with Gasteiger partial charge in [-0.15, -0.1) is 11.6 Å². The quantitative estimate of drug-likeness (QED) is 0.611. The SMILES string of the molecule is Cc1ccc(-n2c(C3CCCCC3Cl)nc3ccccc3c2=O)cc1. The lowest BCUT2D eigenvalue weighted by Crippen LogP contribution is -2.30. The van der Waals surface area contributed by atoms with E-state index in [1.165, 1.54) is 5.56 Å². The van der Waals surface area contributed by atoms with Crippen LogP contribution in [-0.4, -0.2) is 14.9 Å². The number of aromatic nitrogens is 2. The molecule has 25 heavy (non-hydrogen) atoms. The van der Waals surface area contributed by atoms with Crippen LogP contribution in [0.5, 0.6) is 0 Å². The van der Waals surface area contributed by atoms with Gasteiger partial charge in [0.25, 0.3) is 5.56 Å². The monoisotopic (exact) mass is 352 g/mol. The van der Waals surface area contributed by atoms with E-state index in [0.29, 0.717) is 5.39 Å². The molecule has 3 aromatic rings. The predicted molar refractivity (Wildman–Crippen MR) is 103 cm³/mol. The van der Waals surface area contributed by atoms with E-state index in [1.54, 1.807) is 4.57 Å². The van der Waals surface area contributed by atoms with Crippen LogP contribution in [0.3, 0.4) is 0 Å². The van der Waals surface area contributed by atoms with Gasteiger partial charge in [-0.1, -0.05) is 42.7 Å². The topological polar surface area (TPSA) is 34.9 Å². The summed E-state index contributed by atoms with van der Waals surface area (Å²) in [5, 5.41) is 0.673. The van der Waals surface area contributed by atoms with Crippen molar-refractivity contribution in [3.05, 3.63) is 70.3 Å². The summed E-state index contributed by atoms with van der Waals surface area (Å²) in [5.41, 5.74) is 2.76. The highest BCUT2D eigenvalue weighted by atomic mass is 35.5. The molecule has 1 aromatic heterocycles. The lowest BCUT2D eigenvalue weighted by molar-refractivity contribution is 0.429. The van der Waals surface area contributed by atoms with Crippen LogP contribution in [-0.2, 0) is 0 Å². The fraction of sp³-hybridized carbons (Fsp3) is 0.333. The van der Waals surface area contributed by atoms with E-state index >= 15 is 0 Å². The van der Waals surface area contributed by atoms with Crippen molar-refractivity contribution in [2.45, 2.75) is 43.9 Å². The third-order valence-corrected chi connectivity index (χ3v) is 5.63. The van der Waals surface area contributed by atoms with Crippen molar-refractivity contribution in [3.63, 3.8) is 0 Å². The van der Waals surface area contributed by atoms with Gasteiger partial charge < -0.3 is 0 Å². The van der Waals surface area contributed by atoms with Crippen molar-refractivity contribution in [2.24, 2.45) is 0 Å². The van der Waals surface area contributed by atoms with Crippen LogP contribution < -0.4 is 5.56 Å². The van der Waals surface area contributed by atoms with E-state index in [-0.39, 0.29) is 16.9 Å². The molecule has 0 bridgehead atoms. The van der Waals surface area contributed by atoms with Crippen LogP contribution in [0, 0.1) is 6.92 Å². The first kappa shape index (κ1) is 16.3. The van der Waals surface area contributed by atoms with E-state index in [1.807, 2.05) is 55.5 Å². The highest BCUT2D eigenvalue weighted by Crippen LogP contribution is 2.36. The Morgan fingerprint density at radius 3 is 2.52 bits per heavy atom. The Hall–Kier alpha value is -2.13. The first-order valence-corrected chi connectivity index (χ1v) is 9.31. The summed E-state index contributed by atoms with van der Waals surface area (Å²) in [6.45, 7) is 2.04. The molecule has 0 N–H and O–H groups in total. The Morgan fingerprint density at radius 1 is 1.04 bits per heavy atom. The number of rotatable bonds is 2. The maximum atomic E-state index is 13.3. The highest BCUT2D eigenvalue weighted by Gasteiger charge is 2.29. The van der Waals surface area contributed by atoms with Crippen LogP contribution in [0.1, 0.15) is 43.0 Å². The first-order valence-electron chi connectivity index (χ1n) is 8.88. The molecule has 0 spiro atoms. The Morgan fingerprint density at radius 2 is 1.76 bits per heavy atom. The highest BCUT2D eigenvalue weighted by molar-refractivity contribution is 6.21. The molecule has 0 radical (unpaired) electrons. The van der Waals surface area contributed by atoms with Crippen molar-refractivity contribution < 1.29 is 0 Å². The smallest absolute Gasteiger partial charge is 0.265 e. The minimum Gasteiger partial charge on any atom is -0.268 e. The Labute approximate surface area is 152 Å². The molecule has 3 nitrogen and oxygen atoms in total. The normalized spacial score (nSPS) is 20.7. The number of fused-ring (bicyclic) bond motifs is 1. The fourth-order valence-corrected chi connectivity index (χ4v) is 4.11. The standard InChI is InChI=1S/C21H21ClN2O/c1-14-10-12-15(13-11-14)24-20(16-6-2-4-8-18(16)22)23-19-9-5-3-7-17(19)21(24)25/h3,5,7,9-13,16,18H,2,4,6,8H2,1H3. The second kappa shape index (κ2) is 6.64. The zero-order chi connectivity index (χ0) is 17.4. The van der Waals surface area contributed by atoms with E-state index in [0.717, 1.165) is 42.7 Å². The minimum absolute atomic E-state index is 0.0149. The van der Waals surface area contributed by atoms with Crippen molar-refractivity contribution >= 4 is 22.5 Å². The van der Waals surface area contributed by atoms with Gasteiger partial charge in [-0.3, -0.25) is 9.36 Å². The largest absolute Gasteiger partial charge is 0.268 e. The van der Waals surface area contributed by atoms with Gasteiger partial charge in [0.1, 0.15) is 5.82 Å². The van der Waals surface area contributed by atoms with Crippen LogP contribution in [0.25, 0.3) is 16.6 Å². The molecule has 1 aliphatic rings. The molecule has 0 saturated heterocycles. The van der Waals surface area contributed by atoms with Gasteiger partial charge in [0.2, 0.25) is 0 Å². The molecular formula is C21H21ClN2O. The van der Waals surface area contributed by atoms with Gasteiger partial charge in [-0.05, 0) is 44.0 Å². The Bertz CT molecular complexity index is 962. The zero-order valence-corrected chi connectivity index (χ0v) is 15.0. The summed E-state index contributed by atoms with van der Waals surface area (Å²) in [6, 6.07) is 15.6. The molecule has 0 aliphatic heterocycles. The summed E-state index contributed by atoms with van der Waals surface area (Å²) in [5.74, 6) is 0.904. The molecule has 1 heterocycles. The van der Waals surface area contributed by atoms with E-state index < -0.39 is 0 Å². The Balaban J connectivity index is 2.00. The lowest BCUT2D eigenvalue weighted by atomic mass is 9.87. The number of aryl methyl sites for hydroxylation is 1. The van der Waals surface area contributed by atoms with E-state index in [9.17, 15) is 4.79 Å². The van der Waals surface area contributed by atoms with E-state index in [4.69, 9.17) is 16.6 Å². The van der Waals surface area contributed by atoms with Crippen LogP contribution in [0.15, 0.2) is 53.3 Å². The molecule has 2 aromatic carbocycles. The first-order chi connectivity index (χ1) is 12.1. The number of para-hydroxylation sites is 1. The molecular weight excluding hydrogens is 332 g/mol. The van der Waals surface area contributed by atoms with Crippen molar-refractivity contribution in [1.29, 1.82) is 0 Å². The molecule has 2 unspecified atom stereocenters. The number of halogens is 1. The Kier molecular flexibility index (Phi) is 4.34. The number of hydrogen-bond donors (Lipinski definition) is 0. The maximum absolute atomic E-state index is 13.3. The van der Waals surface area contributed by atoms with Gasteiger partial charge in [0.05, 0.1) is 16.6 Å². The van der Waals surface area contributed by atoms with Gasteiger partial charge in [-0.25, -0.2) is 4.98 Å². The number of benzene rings is 2. The zero-order valence-electron chi connectivity index (χ0n) is 14.3. The van der Waals surface area contributed by atoms with Crippen LogP contribution in [0.4, 0.5) is 0 Å². The van der Waals surface area contributed by atoms with Crippen LogP contribution in [0.2, 0.25) is 0 Å². The van der Waals surface area contributed by atoms with Gasteiger partial charge in [0.15, 0.2) is 0 Å². The third-order valence-electron chi connectivity index (χ3n) is 5.11. The number of alkyl halides is 1. The number of nitrogens with zero attached hydrogens (tertiary/aromatic N) is 2. The minimum atomic E-state index is -0.0149. The molecule has 1 fully saturated rings. The second-order valence-electron chi connectivity index (χ2n) is 6.87. The summed E-state index contributed by atoms with van der Waals surface area (Å²) >= 11 is 6.65. The van der Waals surface area contributed by atoms with Crippen molar-refractivity contribution in [1.82, 2.24) is 9.55 Å². The van der Waals surface area contributed by atoms with Gasteiger partial charge in [0, 0.05) is 11.3 Å². The summed E-state index contributed by atoms with van der Waals surface area (Å²) < 4.78 is 1.77. The summed E-state index contributed by atoms with van der Waals surface area (Å²) in [7, 11) is 0. The molecule has 4 rings (SSSR count). The molecule has 1 saturated carbocycles. The molecule has 0 amide bonds. The van der Waals surface area contributed by atoms with E-state index in [2.05, 4.69) is 0 Å². The third kappa shape index (κ3) is 2.98. The number of hydrogen-bond acceptors (Lipinski definition) is 2. The van der Waals surface area contributed by atoms with Crippen molar-refractivity contribution in [2.75, 3.05) is 0 Å². The summed E-state index contributed by atoms with van der Waals surface area (Å²) in [6.07, 6.45) is 4.23. The maximum Gasteiger partial charge on any atom is 0.265 e. The molecule has 4 heteroatoms. The van der Waals surface area contributed by atoms with Gasteiger partial charge in [-0.2, -0.15) is 0 Å². The molecule has 128 valence electrons. The van der Waals surface area contributed by atoms with Crippen molar-refractivity contribution in [3.8, 4) is 5.69 Å². The average molecular weight is 353 g/mol. The summed E-state index contributed by atoms with van der Waals surface area (Å²) in [4.78, 5) is 18.2.